The monoisotopic (exact) mass is 475 g/mol. The molecule has 2 atom stereocenters. The van der Waals surface area contributed by atoms with Gasteiger partial charge in [-0.15, -0.1) is 11.3 Å². The van der Waals surface area contributed by atoms with Crippen LogP contribution in [0.2, 0.25) is 0 Å². The van der Waals surface area contributed by atoms with Crippen molar-refractivity contribution in [3.8, 4) is 11.8 Å². The van der Waals surface area contributed by atoms with E-state index in [0.29, 0.717) is 5.56 Å². The Morgan fingerprint density at radius 3 is 2.64 bits per heavy atom. The molecule has 3 aromatic rings. The van der Waals surface area contributed by atoms with Gasteiger partial charge in [-0.3, -0.25) is 4.79 Å². The average molecular weight is 476 g/mol. The number of nitrogens with zero attached hydrogens (tertiary/aromatic N) is 3. The molecule has 2 aromatic carbocycles. The summed E-state index contributed by atoms with van der Waals surface area (Å²) in [5, 5.41) is 11.2. The fourth-order valence-electron chi connectivity index (χ4n) is 4.82. The summed E-state index contributed by atoms with van der Waals surface area (Å²) >= 11 is 3.40. The van der Waals surface area contributed by atoms with Crippen molar-refractivity contribution in [3.05, 3.63) is 76.3 Å². The molecule has 2 unspecified atom stereocenters. The Labute approximate surface area is 202 Å². The summed E-state index contributed by atoms with van der Waals surface area (Å²) in [6.07, 6.45) is 3.80. The topological polar surface area (TPSA) is 66.2 Å². The number of hydrogen-bond acceptors (Lipinski definition) is 6. The lowest BCUT2D eigenvalue weighted by atomic mass is 9.98. The van der Waals surface area contributed by atoms with E-state index in [2.05, 4.69) is 33.5 Å². The molecule has 3 heterocycles. The second-order valence-electron chi connectivity index (χ2n) is 8.69. The fourth-order valence-corrected chi connectivity index (χ4v) is 6.63. The molecule has 5 rings (SSSR count). The van der Waals surface area contributed by atoms with Gasteiger partial charge in [0.15, 0.2) is 0 Å². The second kappa shape index (κ2) is 9.58. The molecule has 0 N–H and O–H groups in total. The fraction of sp³-hybridized carbons (Fsp3) is 0.346. The van der Waals surface area contributed by atoms with Gasteiger partial charge >= 0.3 is 0 Å². The van der Waals surface area contributed by atoms with Crippen molar-refractivity contribution in [1.82, 2.24) is 9.88 Å². The Kier molecular flexibility index (Phi) is 6.39. The van der Waals surface area contributed by atoms with Crippen LogP contribution in [0.4, 0.5) is 0 Å². The lowest BCUT2D eigenvalue weighted by Gasteiger charge is -2.39. The van der Waals surface area contributed by atoms with Crippen LogP contribution < -0.4 is 4.74 Å². The van der Waals surface area contributed by atoms with Gasteiger partial charge in [0.25, 0.3) is 5.91 Å². The number of thioether (sulfide) groups is 1. The number of fused-ring (bicyclic) bond motifs is 2. The third kappa shape index (κ3) is 4.92. The summed E-state index contributed by atoms with van der Waals surface area (Å²) in [5.74, 6) is 1.71. The minimum absolute atomic E-state index is 0.0781. The highest BCUT2D eigenvalue weighted by atomic mass is 32.2. The Morgan fingerprint density at radius 2 is 1.97 bits per heavy atom. The highest BCUT2D eigenvalue weighted by molar-refractivity contribution is 8.00. The van der Waals surface area contributed by atoms with Gasteiger partial charge in [-0.05, 0) is 55.7 Å². The summed E-state index contributed by atoms with van der Waals surface area (Å²) in [7, 11) is 0. The van der Waals surface area contributed by atoms with Gasteiger partial charge in [0.2, 0.25) is 0 Å². The zero-order valence-corrected chi connectivity index (χ0v) is 20.1. The molecule has 1 aromatic heterocycles. The number of piperidine rings is 1. The molecule has 2 fully saturated rings. The van der Waals surface area contributed by atoms with Crippen molar-refractivity contribution in [2.45, 2.75) is 60.9 Å². The van der Waals surface area contributed by atoms with Gasteiger partial charge in [-0.2, -0.15) is 5.26 Å². The largest absolute Gasteiger partial charge is 0.490 e. The number of nitriles is 1. The maximum atomic E-state index is 13.3. The van der Waals surface area contributed by atoms with Gasteiger partial charge in [0, 0.05) is 47.3 Å². The predicted octanol–water partition coefficient (Wildman–Crippen LogP) is 5.83. The quantitative estimate of drug-likeness (QED) is 0.420. The van der Waals surface area contributed by atoms with E-state index in [9.17, 15) is 4.79 Å². The Bertz CT molecular complexity index is 1170. The van der Waals surface area contributed by atoms with Crippen LogP contribution in [0, 0.1) is 18.3 Å². The standard InChI is InChI=1S/C26H25N3O2S2/c1-17-15-32-26(28-17)33-16-18-5-7-20(8-6-18)25(30)29-21-9-10-22(29)13-24(12-21)31-23-4-2-3-19(11-23)14-27/h2-8,11,15,21-22,24H,9-10,12-13,16H2,1H3. The maximum absolute atomic E-state index is 13.3. The second-order valence-corrected chi connectivity index (χ2v) is 10.8. The molecule has 33 heavy (non-hydrogen) atoms. The van der Waals surface area contributed by atoms with Crippen LogP contribution in [-0.2, 0) is 5.75 Å². The van der Waals surface area contributed by atoms with Crippen LogP contribution in [-0.4, -0.2) is 34.0 Å². The van der Waals surface area contributed by atoms with Crippen molar-refractivity contribution in [3.63, 3.8) is 0 Å². The molecule has 1 amide bonds. The molecule has 7 heteroatoms. The Hall–Kier alpha value is -2.82. The summed E-state index contributed by atoms with van der Waals surface area (Å²) < 4.78 is 7.27. The zero-order chi connectivity index (χ0) is 22.8. The van der Waals surface area contributed by atoms with Crippen molar-refractivity contribution in [1.29, 1.82) is 5.26 Å². The van der Waals surface area contributed by atoms with Gasteiger partial charge in [0.05, 0.1) is 11.6 Å². The average Bonchev–Trinajstić information content (AvgIpc) is 3.37. The van der Waals surface area contributed by atoms with E-state index >= 15 is 0 Å². The minimum Gasteiger partial charge on any atom is -0.490 e. The Morgan fingerprint density at radius 1 is 1.21 bits per heavy atom. The number of carbonyl (C=O) groups is 1. The lowest BCUT2D eigenvalue weighted by molar-refractivity contribution is 0.0359. The molecular formula is C26H25N3O2S2. The summed E-state index contributed by atoms with van der Waals surface area (Å²) in [5.41, 5.74) is 3.61. The van der Waals surface area contributed by atoms with E-state index in [1.807, 2.05) is 31.2 Å². The Balaban J connectivity index is 1.20. The first kappa shape index (κ1) is 22.0. The molecular weight excluding hydrogens is 450 g/mol. The molecule has 168 valence electrons. The van der Waals surface area contributed by atoms with Crippen LogP contribution in [0.5, 0.6) is 5.75 Å². The predicted molar refractivity (Wildman–Crippen MR) is 131 cm³/mol. The van der Waals surface area contributed by atoms with E-state index in [-0.39, 0.29) is 24.1 Å². The number of benzene rings is 2. The van der Waals surface area contributed by atoms with Crippen LogP contribution in [0.1, 0.15) is 52.9 Å². The normalized spacial score (nSPS) is 21.6. The smallest absolute Gasteiger partial charge is 0.254 e. The van der Waals surface area contributed by atoms with E-state index in [1.54, 1.807) is 35.2 Å². The maximum Gasteiger partial charge on any atom is 0.254 e. The van der Waals surface area contributed by atoms with E-state index in [1.165, 1.54) is 5.56 Å². The van der Waals surface area contributed by atoms with Crippen molar-refractivity contribution < 1.29 is 9.53 Å². The van der Waals surface area contributed by atoms with Gasteiger partial charge in [-0.25, -0.2) is 4.98 Å². The molecule has 2 saturated heterocycles. The molecule has 0 saturated carbocycles. The molecule has 2 aliphatic rings. The molecule has 2 aliphatic heterocycles. The van der Waals surface area contributed by atoms with E-state index in [4.69, 9.17) is 10.00 Å². The number of aryl methyl sites for hydroxylation is 1. The van der Waals surface area contributed by atoms with Crippen molar-refractivity contribution in [2.24, 2.45) is 0 Å². The van der Waals surface area contributed by atoms with Crippen molar-refractivity contribution >= 4 is 29.0 Å². The number of ether oxygens (including phenoxy) is 1. The molecule has 2 bridgehead atoms. The van der Waals surface area contributed by atoms with E-state index in [0.717, 1.165) is 52.8 Å². The molecule has 0 radical (unpaired) electrons. The lowest BCUT2D eigenvalue weighted by Crippen LogP contribution is -2.49. The number of hydrogen-bond donors (Lipinski definition) is 0. The summed E-state index contributed by atoms with van der Waals surface area (Å²) in [6, 6.07) is 17.9. The minimum atomic E-state index is 0.0781. The van der Waals surface area contributed by atoms with Crippen LogP contribution in [0.25, 0.3) is 0 Å². The van der Waals surface area contributed by atoms with Gasteiger partial charge in [-0.1, -0.05) is 30.0 Å². The van der Waals surface area contributed by atoms with Gasteiger partial charge in [0.1, 0.15) is 16.2 Å². The zero-order valence-electron chi connectivity index (χ0n) is 18.4. The van der Waals surface area contributed by atoms with Gasteiger partial charge < -0.3 is 9.64 Å². The molecule has 0 spiro atoms. The summed E-state index contributed by atoms with van der Waals surface area (Å²) in [6.45, 7) is 2.01. The summed E-state index contributed by atoms with van der Waals surface area (Å²) in [4.78, 5) is 19.9. The molecule has 5 nitrogen and oxygen atoms in total. The number of aromatic nitrogens is 1. The van der Waals surface area contributed by atoms with Crippen LogP contribution >= 0.6 is 23.1 Å². The molecule has 0 aliphatic carbocycles. The van der Waals surface area contributed by atoms with Crippen LogP contribution in [0.15, 0.2) is 58.3 Å². The number of carbonyl (C=O) groups excluding carboxylic acids is 1. The number of amides is 1. The first-order valence-electron chi connectivity index (χ1n) is 11.2. The SMILES string of the molecule is Cc1csc(SCc2ccc(C(=O)N3C4CCC3CC(Oc3cccc(C#N)c3)C4)cc2)n1. The number of thiazole rings is 1. The third-order valence-electron chi connectivity index (χ3n) is 6.35. The van der Waals surface area contributed by atoms with Crippen molar-refractivity contribution in [2.75, 3.05) is 0 Å². The highest BCUT2D eigenvalue weighted by Crippen LogP contribution is 2.38. The number of rotatable bonds is 6. The van der Waals surface area contributed by atoms with Crippen LogP contribution in [0.3, 0.4) is 0 Å². The highest BCUT2D eigenvalue weighted by Gasteiger charge is 2.44. The first-order valence-corrected chi connectivity index (χ1v) is 13.1. The van der Waals surface area contributed by atoms with E-state index < -0.39 is 0 Å². The third-order valence-corrected chi connectivity index (χ3v) is 8.56. The first-order chi connectivity index (χ1) is 16.1.